The first-order valence-corrected chi connectivity index (χ1v) is 12.1. The molecule has 0 unspecified atom stereocenters. The Morgan fingerprint density at radius 3 is 2.64 bits per heavy atom. The molecule has 0 aromatic carbocycles. The van der Waals surface area contributed by atoms with Gasteiger partial charge < -0.3 is 9.64 Å². The maximum Gasteiger partial charge on any atom is 0.252 e. The lowest BCUT2D eigenvalue weighted by Crippen LogP contribution is -2.44. The third-order valence-corrected chi connectivity index (χ3v) is 8.74. The third-order valence-electron chi connectivity index (χ3n) is 5.29. The highest BCUT2D eigenvalue weighted by Gasteiger charge is 2.29. The van der Waals surface area contributed by atoms with Gasteiger partial charge in [-0.2, -0.15) is 9.57 Å². The zero-order valence-electron chi connectivity index (χ0n) is 16.0. The molecule has 2 aliphatic rings. The molecule has 3 heterocycles. The van der Waals surface area contributed by atoms with Crippen LogP contribution in [0.5, 0.6) is 0 Å². The highest BCUT2D eigenvalue weighted by Crippen LogP contribution is 2.28. The van der Waals surface area contributed by atoms with E-state index in [1.807, 2.05) is 0 Å². The van der Waals surface area contributed by atoms with Crippen molar-refractivity contribution in [2.45, 2.75) is 55.2 Å². The molecule has 2 fully saturated rings. The summed E-state index contributed by atoms with van der Waals surface area (Å²) in [6.45, 7) is 2.79. The fourth-order valence-corrected chi connectivity index (χ4v) is 6.77. The molecule has 0 aliphatic carbocycles. The van der Waals surface area contributed by atoms with E-state index in [0.29, 0.717) is 43.5 Å². The van der Waals surface area contributed by atoms with Crippen molar-refractivity contribution in [2.24, 2.45) is 0 Å². The van der Waals surface area contributed by atoms with Gasteiger partial charge in [0.05, 0.1) is 18.9 Å². The number of carbonyl (C=O) groups excluding carboxylic acids is 1. The molecule has 0 N–H and O–H groups in total. The number of sulfonamides is 1. The standard InChI is InChI=1S/C19H27N3O4S2/c20-9-4-12-22(16-7-13-26-14-8-16)18(23)15-17-5-6-19(27-17)28(24,25)21-10-2-1-3-11-21/h5-6,16H,1-4,7-8,10-15H2. The summed E-state index contributed by atoms with van der Waals surface area (Å²) < 4.78 is 32.8. The second-order valence-corrected chi connectivity index (χ2v) is 10.5. The Hall–Kier alpha value is -1.47. The van der Waals surface area contributed by atoms with Crippen molar-refractivity contribution in [3.8, 4) is 6.07 Å². The lowest BCUT2D eigenvalue weighted by Gasteiger charge is -2.34. The number of amides is 1. The molecule has 1 aromatic heterocycles. The first-order valence-electron chi connectivity index (χ1n) is 9.85. The van der Waals surface area contributed by atoms with E-state index in [4.69, 9.17) is 10.00 Å². The quantitative estimate of drug-likeness (QED) is 0.669. The molecule has 0 spiro atoms. The van der Waals surface area contributed by atoms with Gasteiger partial charge in [-0.15, -0.1) is 11.3 Å². The molecule has 9 heteroatoms. The van der Waals surface area contributed by atoms with Crippen LogP contribution in [0.2, 0.25) is 0 Å². The van der Waals surface area contributed by atoms with Gasteiger partial charge in [0.25, 0.3) is 10.0 Å². The van der Waals surface area contributed by atoms with E-state index in [2.05, 4.69) is 6.07 Å². The summed E-state index contributed by atoms with van der Waals surface area (Å²) in [5.74, 6) is -0.0501. The number of nitriles is 1. The minimum atomic E-state index is -3.46. The monoisotopic (exact) mass is 425 g/mol. The van der Waals surface area contributed by atoms with E-state index in [-0.39, 0.29) is 18.4 Å². The molecule has 154 valence electrons. The van der Waals surface area contributed by atoms with Gasteiger partial charge >= 0.3 is 0 Å². The number of hydrogen-bond donors (Lipinski definition) is 0. The summed E-state index contributed by atoms with van der Waals surface area (Å²) in [4.78, 5) is 15.4. The van der Waals surface area contributed by atoms with Crippen LogP contribution in [-0.2, 0) is 26.0 Å². The zero-order valence-corrected chi connectivity index (χ0v) is 17.6. The molecule has 1 amide bonds. The molecule has 2 aliphatic heterocycles. The Kier molecular flexibility index (Phi) is 7.46. The number of ether oxygens (including phenoxy) is 1. The van der Waals surface area contributed by atoms with Crippen LogP contribution in [0.4, 0.5) is 0 Å². The highest BCUT2D eigenvalue weighted by molar-refractivity contribution is 7.91. The smallest absolute Gasteiger partial charge is 0.252 e. The summed E-state index contributed by atoms with van der Waals surface area (Å²) in [5.41, 5.74) is 0. The highest BCUT2D eigenvalue weighted by atomic mass is 32.2. The summed E-state index contributed by atoms with van der Waals surface area (Å²) in [5, 5.41) is 8.92. The number of rotatable bonds is 7. The van der Waals surface area contributed by atoms with E-state index < -0.39 is 10.0 Å². The Labute approximate surface area is 170 Å². The third kappa shape index (κ3) is 5.11. The van der Waals surface area contributed by atoms with Crippen LogP contribution >= 0.6 is 11.3 Å². The molecule has 0 atom stereocenters. The van der Waals surface area contributed by atoms with Crippen molar-refractivity contribution in [2.75, 3.05) is 32.8 Å². The molecule has 0 radical (unpaired) electrons. The average molecular weight is 426 g/mol. The summed E-state index contributed by atoms with van der Waals surface area (Å²) in [7, 11) is -3.46. The van der Waals surface area contributed by atoms with Crippen LogP contribution in [0.15, 0.2) is 16.3 Å². The van der Waals surface area contributed by atoms with E-state index in [1.54, 1.807) is 21.3 Å². The lowest BCUT2D eigenvalue weighted by molar-refractivity contribution is -0.134. The molecule has 0 saturated carbocycles. The van der Waals surface area contributed by atoms with Crippen LogP contribution in [0.25, 0.3) is 0 Å². The van der Waals surface area contributed by atoms with Crippen molar-refractivity contribution in [1.29, 1.82) is 5.26 Å². The van der Waals surface area contributed by atoms with Gasteiger partial charge in [0, 0.05) is 43.8 Å². The second kappa shape index (κ2) is 9.83. The minimum Gasteiger partial charge on any atom is -0.381 e. The SMILES string of the molecule is N#CCCN(C(=O)Cc1ccc(S(=O)(=O)N2CCCCC2)s1)C1CCOCC1. The molecule has 28 heavy (non-hydrogen) atoms. The van der Waals surface area contributed by atoms with E-state index >= 15 is 0 Å². The summed E-state index contributed by atoms with van der Waals surface area (Å²) in [6, 6.07) is 5.56. The molecule has 0 bridgehead atoms. The summed E-state index contributed by atoms with van der Waals surface area (Å²) >= 11 is 1.18. The topological polar surface area (TPSA) is 90.7 Å². The van der Waals surface area contributed by atoms with Gasteiger partial charge in [0.1, 0.15) is 4.21 Å². The van der Waals surface area contributed by atoms with Crippen molar-refractivity contribution in [3.05, 3.63) is 17.0 Å². The largest absolute Gasteiger partial charge is 0.381 e. The first kappa shape index (κ1) is 21.2. The minimum absolute atomic E-state index is 0.0501. The number of nitrogens with zero attached hydrogens (tertiary/aromatic N) is 3. The van der Waals surface area contributed by atoms with Gasteiger partial charge in [-0.25, -0.2) is 8.42 Å². The maximum absolute atomic E-state index is 12.9. The molecule has 7 nitrogen and oxygen atoms in total. The number of thiophene rings is 1. The van der Waals surface area contributed by atoms with Crippen LogP contribution in [-0.4, -0.2) is 62.4 Å². The van der Waals surface area contributed by atoms with Gasteiger partial charge in [0.2, 0.25) is 5.91 Å². The normalized spacial score (nSPS) is 19.2. The van der Waals surface area contributed by atoms with E-state index in [0.717, 1.165) is 37.0 Å². The average Bonchev–Trinajstić information content (AvgIpc) is 3.19. The maximum atomic E-state index is 12.9. The number of carbonyl (C=O) groups is 1. The number of hydrogen-bond acceptors (Lipinski definition) is 6. The first-order chi connectivity index (χ1) is 13.5. The fourth-order valence-electron chi connectivity index (χ4n) is 3.75. The molecule has 3 rings (SSSR count). The molecular weight excluding hydrogens is 398 g/mol. The van der Waals surface area contributed by atoms with Gasteiger partial charge in [-0.3, -0.25) is 4.79 Å². The molecule has 1 aromatic rings. The Morgan fingerprint density at radius 1 is 1.25 bits per heavy atom. The predicted molar refractivity (Wildman–Crippen MR) is 106 cm³/mol. The zero-order chi connectivity index (χ0) is 20.0. The summed E-state index contributed by atoms with van der Waals surface area (Å²) in [6.07, 6.45) is 4.88. The molecule has 2 saturated heterocycles. The Morgan fingerprint density at radius 2 is 1.96 bits per heavy atom. The Balaban J connectivity index is 1.68. The van der Waals surface area contributed by atoms with Crippen molar-refractivity contribution >= 4 is 27.3 Å². The van der Waals surface area contributed by atoms with Crippen LogP contribution in [0.3, 0.4) is 0 Å². The van der Waals surface area contributed by atoms with Crippen LogP contribution in [0.1, 0.15) is 43.4 Å². The predicted octanol–water partition coefficient (Wildman–Crippen LogP) is 2.39. The van der Waals surface area contributed by atoms with Crippen LogP contribution in [0, 0.1) is 11.3 Å². The van der Waals surface area contributed by atoms with Crippen LogP contribution < -0.4 is 0 Å². The van der Waals surface area contributed by atoms with Crippen molar-refractivity contribution in [1.82, 2.24) is 9.21 Å². The number of piperidine rings is 1. The lowest BCUT2D eigenvalue weighted by atomic mass is 10.1. The van der Waals surface area contributed by atoms with E-state index in [9.17, 15) is 13.2 Å². The molecular formula is C19H27N3O4S2. The van der Waals surface area contributed by atoms with Gasteiger partial charge in [-0.05, 0) is 37.8 Å². The second-order valence-electron chi connectivity index (χ2n) is 7.20. The fraction of sp³-hybridized carbons (Fsp3) is 0.684. The van der Waals surface area contributed by atoms with Crippen molar-refractivity contribution < 1.29 is 17.9 Å². The van der Waals surface area contributed by atoms with E-state index in [1.165, 1.54) is 11.3 Å². The van der Waals surface area contributed by atoms with Gasteiger partial charge in [-0.1, -0.05) is 6.42 Å². The van der Waals surface area contributed by atoms with Crippen molar-refractivity contribution in [3.63, 3.8) is 0 Å². The van der Waals surface area contributed by atoms with Gasteiger partial charge in [0.15, 0.2) is 0 Å². The Bertz CT molecular complexity index is 803.